The Labute approximate surface area is 170 Å². The molecule has 0 aromatic rings. The summed E-state index contributed by atoms with van der Waals surface area (Å²) in [7, 11) is 4.01. The number of carbonyl (C=O) groups excluding carboxylic acids is 2. The summed E-state index contributed by atoms with van der Waals surface area (Å²) in [4.78, 5) is 28.1. The summed E-state index contributed by atoms with van der Waals surface area (Å²) < 4.78 is 5.78. The van der Waals surface area contributed by atoms with E-state index in [0.29, 0.717) is 24.2 Å². The van der Waals surface area contributed by atoms with Crippen LogP contribution in [0.25, 0.3) is 0 Å². The van der Waals surface area contributed by atoms with Gasteiger partial charge < -0.3 is 9.64 Å². The van der Waals surface area contributed by atoms with Crippen LogP contribution in [-0.2, 0) is 14.3 Å². The van der Waals surface area contributed by atoms with Crippen molar-refractivity contribution in [2.75, 3.05) is 27.2 Å². The average Bonchev–Trinajstić information content (AvgIpc) is 2.78. The Hall–Kier alpha value is -0.900. The molecule has 0 N–H and O–H groups in total. The molecule has 0 aromatic heterocycles. The molecule has 4 heteroatoms. The normalized spacial score (nSPS) is 47.6. The fourth-order valence-electron chi connectivity index (χ4n) is 8.23. The van der Waals surface area contributed by atoms with Gasteiger partial charge in [-0.05, 0) is 88.6 Å². The molecule has 28 heavy (non-hydrogen) atoms. The first-order valence-corrected chi connectivity index (χ1v) is 11.4. The highest BCUT2D eigenvalue weighted by molar-refractivity contribution is 5.88. The summed E-state index contributed by atoms with van der Waals surface area (Å²) in [6.07, 6.45) is 9.56. The maximum absolute atomic E-state index is 13.2. The third-order valence-corrected chi connectivity index (χ3v) is 9.59. The van der Waals surface area contributed by atoms with Crippen molar-refractivity contribution < 1.29 is 14.3 Å². The van der Waals surface area contributed by atoms with Gasteiger partial charge in [-0.15, -0.1) is 0 Å². The van der Waals surface area contributed by atoms with Crippen LogP contribution in [0.15, 0.2) is 0 Å². The summed E-state index contributed by atoms with van der Waals surface area (Å²) in [5, 5.41) is 0. The predicted octanol–water partition coefficient (Wildman–Crippen LogP) is 4.46. The summed E-state index contributed by atoms with van der Waals surface area (Å²) >= 11 is 0. The second kappa shape index (κ2) is 6.55. The van der Waals surface area contributed by atoms with Crippen LogP contribution in [0.1, 0.15) is 78.6 Å². The highest BCUT2D eigenvalue weighted by atomic mass is 16.5. The lowest BCUT2D eigenvalue weighted by atomic mass is 9.40. The summed E-state index contributed by atoms with van der Waals surface area (Å²) in [5.74, 6) is 1.51. The van der Waals surface area contributed by atoms with Crippen LogP contribution in [0.4, 0.5) is 0 Å². The van der Waals surface area contributed by atoms with Crippen molar-refractivity contribution in [2.45, 2.75) is 78.6 Å². The Balaban J connectivity index is 1.59. The van der Waals surface area contributed by atoms with Crippen LogP contribution < -0.4 is 0 Å². The minimum Gasteiger partial charge on any atom is -0.464 e. The van der Waals surface area contributed by atoms with Gasteiger partial charge >= 0.3 is 5.97 Å². The number of carbonyl (C=O) groups is 2. The molecule has 2 bridgehead atoms. The van der Waals surface area contributed by atoms with Crippen molar-refractivity contribution in [3.05, 3.63) is 0 Å². The highest BCUT2D eigenvalue weighted by Gasteiger charge is 2.68. The number of nitrogens with zero attached hydrogens (tertiary/aromatic N) is 1. The monoisotopic (exact) mass is 389 g/mol. The Morgan fingerprint density at radius 2 is 1.79 bits per heavy atom. The van der Waals surface area contributed by atoms with Crippen molar-refractivity contribution in [2.24, 2.45) is 33.5 Å². The van der Waals surface area contributed by atoms with E-state index in [1.807, 2.05) is 14.1 Å². The lowest BCUT2D eigenvalue weighted by Crippen LogP contribution is -2.58. The van der Waals surface area contributed by atoms with Gasteiger partial charge in [0.25, 0.3) is 0 Å². The van der Waals surface area contributed by atoms with Crippen molar-refractivity contribution in [1.29, 1.82) is 0 Å². The first-order valence-electron chi connectivity index (χ1n) is 11.4. The van der Waals surface area contributed by atoms with E-state index < -0.39 is 0 Å². The Morgan fingerprint density at radius 1 is 1.07 bits per heavy atom. The number of hydrogen-bond donors (Lipinski definition) is 0. The van der Waals surface area contributed by atoms with E-state index in [-0.39, 0.29) is 27.6 Å². The molecular weight excluding hydrogens is 350 g/mol. The zero-order valence-corrected chi connectivity index (χ0v) is 18.6. The standard InChI is InChI=1S/C24H39NO3/c1-21-11-7-18-22(2)9-6-10-23(3,20(27)28-14-13-25(4)5)17(22)8-12-24(18,16-21)15-19(21)26/h17-18H,6-16H2,1-5H3/t17-,18-,21-,22+,23+,24-/m0/s1. The lowest BCUT2D eigenvalue weighted by Gasteiger charge is -2.63. The number of Topliss-reactive ketones (excluding diaryl/α,β-unsaturated/α-hetero) is 1. The minimum absolute atomic E-state index is 0.0179. The SMILES string of the molecule is CN(C)CCOC(=O)[C@]1(C)CCC[C@@]2(C)[C@@H]3CC[C@@]4(C)C[C@]3(CC[C@@H]21)CC4=O. The first-order chi connectivity index (χ1) is 13.1. The molecule has 0 aromatic carbocycles. The number of esters is 1. The molecule has 0 amide bonds. The van der Waals surface area contributed by atoms with Gasteiger partial charge in [-0.2, -0.15) is 0 Å². The summed E-state index contributed by atoms with van der Waals surface area (Å²) in [6.45, 7) is 8.10. The van der Waals surface area contributed by atoms with Gasteiger partial charge in [0.15, 0.2) is 0 Å². The van der Waals surface area contributed by atoms with E-state index in [1.54, 1.807) is 0 Å². The second-order valence-electron chi connectivity index (χ2n) is 11.6. The molecule has 0 saturated heterocycles. The third-order valence-electron chi connectivity index (χ3n) is 9.59. The molecule has 1 spiro atoms. The average molecular weight is 390 g/mol. The number of ether oxygens (including phenoxy) is 1. The highest BCUT2D eigenvalue weighted by Crippen LogP contribution is 2.73. The number of ketones is 1. The fourth-order valence-corrected chi connectivity index (χ4v) is 8.23. The van der Waals surface area contributed by atoms with E-state index in [4.69, 9.17) is 4.74 Å². The number of hydrogen-bond acceptors (Lipinski definition) is 4. The molecule has 4 aliphatic carbocycles. The molecule has 4 fully saturated rings. The smallest absolute Gasteiger partial charge is 0.312 e. The van der Waals surface area contributed by atoms with Crippen LogP contribution in [0.3, 0.4) is 0 Å². The first kappa shape index (κ1) is 20.4. The van der Waals surface area contributed by atoms with E-state index in [1.165, 1.54) is 12.8 Å². The topological polar surface area (TPSA) is 46.6 Å². The van der Waals surface area contributed by atoms with Crippen molar-refractivity contribution in [3.8, 4) is 0 Å². The molecule has 4 saturated carbocycles. The molecule has 0 radical (unpaired) electrons. The maximum Gasteiger partial charge on any atom is 0.312 e. The van der Waals surface area contributed by atoms with E-state index >= 15 is 0 Å². The fraction of sp³-hybridized carbons (Fsp3) is 0.917. The molecule has 4 rings (SSSR count). The second-order valence-corrected chi connectivity index (χ2v) is 11.6. The van der Waals surface area contributed by atoms with E-state index in [0.717, 1.165) is 51.5 Å². The van der Waals surface area contributed by atoms with Gasteiger partial charge in [0, 0.05) is 18.4 Å². The zero-order chi connectivity index (χ0) is 20.4. The molecule has 158 valence electrons. The van der Waals surface area contributed by atoms with Gasteiger partial charge in [0.2, 0.25) is 0 Å². The van der Waals surface area contributed by atoms with Gasteiger partial charge in [0.05, 0.1) is 5.41 Å². The number of rotatable bonds is 4. The van der Waals surface area contributed by atoms with Crippen molar-refractivity contribution in [1.82, 2.24) is 4.90 Å². The quantitative estimate of drug-likeness (QED) is 0.666. The van der Waals surface area contributed by atoms with Gasteiger partial charge in [0.1, 0.15) is 12.4 Å². The van der Waals surface area contributed by atoms with Crippen molar-refractivity contribution in [3.63, 3.8) is 0 Å². The Kier molecular flexibility index (Phi) is 4.77. The largest absolute Gasteiger partial charge is 0.464 e. The Morgan fingerprint density at radius 3 is 2.50 bits per heavy atom. The minimum atomic E-state index is -0.371. The van der Waals surface area contributed by atoms with Crippen LogP contribution in [0.2, 0.25) is 0 Å². The molecule has 0 unspecified atom stereocenters. The zero-order valence-electron chi connectivity index (χ0n) is 18.6. The van der Waals surface area contributed by atoms with Gasteiger partial charge in [-0.1, -0.05) is 20.3 Å². The summed E-state index contributed by atoms with van der Waals surface area (Å²) in [6, 6.07) is 0. The molecule has 0 aliphatic heterocycles. The lowest BCUT2D eigenvalue weighted by molar-refractivity contribution is -0.188. The van der Waals surface area contributed by atoms with E-state index in [2.05, 4.69) is 25.7 Å². The predicted molar refractivity (Wildman–Crippen MR) is 110 cm³/mol. The number of fused-ring (bicyclic) bond motifs is 3. The molecule has 6 atom stereocenters. The van der Waals surface area contributed by atoms with Crippen molar-refractivity contribution >= 4 is 11.8 Å². The number of likely N-dealkylation sites (N-methyl/N-ethyl adjacent to an activating group) is 1. The molecule has 4 aliphatic rings. The Bertz CT molecular complexity index is 675. The summed E-state index contributed by atoms with van der Waals surface area (Å²) in [5.41, 5.74) is -0.0623. The maximum atomic E-state index is 13.2. The van der Waals surface area contributed by atoms with Crippen LogP contribution in [-0.4, -0.2) is 43.9 Å². The van der Waals surface area contributed by atoms with Crippen LogP contribution in [0, 0.1) is 33.5 Å². The van der Waals surface area contributed by atoms with Gasteiger partial charge in [-0.3, -0.25) is 9.59 Å². The van der Waals surface area contributed by atoms with Crippen LogP contribution >= 0.6 is 0 Å². The van der Waals surface area contributed by atoms with Crippen LogP contribution in [0.5, 0.6) is 0 Å². The van der Waals surface area contributed by atoms with Gasteiger partial charge in [-0.25, -0.2) is 0 Å². The molecule has 0 heterocycles. The third kappa shape index (κ3) is 2.80. The van der Waals surface area contributed by atoms with E-state index in [9.17, 15) is 9.59 Å². The molecular formula is C24H39NO3. The molecule has 4 nitrogen and oxygen atoms in total.